The maximum atomic E-state index is 12.5. The van der Waals surface area contributed by atoms with Crippen molar-refractivity contribution in [3.8, 4) is 17.2 Å². The molecule has 0 fully saturated rings. The van der Waals surface area contributed by atoms with Gasteiger partial charge < -0.3 is 25.2 Å². The van der Waals surface area contributed by atoms with E-state index in [1.54, 1.807) is 86.8 Å². The summed E-state index contributed by atoms with van der Waals surface area (Å²) < 4.78 is 4.91. The number of imide groups is 3. The zero-order valence-corrected chi connectivity index (χ0v) is 49.2. The third-order valence-electron chi connectivity index (χ3n) is 11.2. The number of carboxylic acid groups (broad SMARTS) is 1. The standard InChI is InChI=1S/C17H15NO4.C17H13NO4.C11H9NO4.C7H8O.I3.3H2S/c2*1-10(15(20)11-6-8-12(19)9-7-11)18-16(21)13-4-2-3-5-14(13)17(18)22;1-6(11(15)16)12-9(13)7-4-2-3-5-8(7)10(12)14;1-8-7-5-3-2-4-6-7;1-3-2;;;/h2-10,15,19-20H,1H3;2-10,19H,1H3;2-6H,1H3,(H,15,16);2-6H,1H3;;3*1H2/q;;;;-1;;;. The Bertz CT molecular complexity index is 2850. The molecule has 0 radical (unpaired) electrons. The Morgan fingerprint density at radius 3 is 1.09 bits per heavy atom. The van der Waals surface area contributed by atoms with Crippen LogP contribution in [0.1, 0.15) is 105 Å². The molecule has 6 amide bonds. The van der Waals surface area contributed by atoms with E-state index in [4.69, 9.17) is 9.84 Å². The molecule has 0 bridgehead atoms. The number of carbonyl (C=O) groups is 8. The van der Waals surface area contributed by atoms with Gasteiger partial charge in [0.2, 0.25) is 0 Å². The molecule has 0 aliphatic carbocycles. The summed E-state index contributed by atoms with van der Waals surface area (Å²) in [5.41, 5.74) is 2.75. The van der Waals surface area contributed by atoms with Gasteiger partial charge in [-0.2, -0.15) is 40.5 Å². The van der Waals surface area contributed by atoms with E-state index in [1.807, 2.05) is 30.3 Å². The summed E-state index contributed by atoms with van der Waals surface area (Å²) in [5, 5.41) is 37.8. The molecule has 9 rings (SSSR count). The largest absolute Gasteiger partial charge is 0.197 e. The number of rotatable bonds is 9. The predicted octanol–water partition coefficient (Wildman–Crippen LogP) is 5.93. The topological polar surface area (TPSA) is 236 Å². The molecule has 6 aromatic rings. The smallest absolute Gasteiger partial charge is 0.197 e. The summed E-state index contributed by atoms with van der Waals surface area (Å²) >= 11 is 5.30. The van der Waals surface area contributed by atoms with Crippen LogP contribution >= 0.6 is 77.7 Å². The first-order valence-corrected chi connectivity index (χ1v) is 33.9. The summed E-state index contributed by atoms with van der Waals surface area (Å²) in [6, 6.07) is 38.1. The number of methoxy groups -OCH3 is 1. The van der Waals surface area contributed by atoms with E-state index in [0.29, 0.717) is 46.6 Å². The molecule has 6 aromatic carbocycles. The molecule has 0 saturated heterocycles. The van der Waals surface area contributed by atoms with E-state index < -0.39 is 65.6 Å². The molecule has 4 N–H and O–H groups in total. The van der Waals surface area contributed by atoms with Crippen molar-refractivity contribution >= 4 is 125 Å². The van der Waals surface area contributed by atoms with Gasteiger partial charge >= 0.3 is 56.5 Å². The van der Waals surface area contributed by atoms with Crippen molar-refractivity contribution in [1.29, 1.82) is 0 Å². The fraction of sp³-hybridized carbons (Fsp3) is 0.154. The average molecular weight is 1400 g/mol. The second kappa shape index (κ2) is 30.1. The Kier molecular flexibility index (Phi) is 26.3. The summed E-state index contributed by atoms with van der Waals surface area (Å²) in [7, 11) is 1.66. The second-order valence-electron chi connectivity index (χ2n) is 15.5. The minimum Gasteiger partial charge on any atom is -0.197 e. The van der Waals surface area contributed by atoms with E-state index >= 15 is 0 Å². The number of amides is 6. The zero-order valence-electron chi connectivity index (χ0n) is 39.7. The molecule has 0 spiro atoms. The first-order valence-electron chi connectivity index (χ1n) is 21.3. The molecule has 16 nitrogen and oxygen atoms in total. The van der Waals surface area contributed by atoms with Gasteiger partial charge in [0.05, 0.1) is 52.6 Å². The number of benzene rings is 6. The number of carbonyl (C=O) groups excluding carboxylic acids is 7. The summed E-state index contributed by atoms with van der Waals surface area (Å²) in [4.78, 5) is 99.2. The molecule has 74 heavy (non-hydrogen) atoms. The molecule has 4 unspecified atom stereocenters. The average Bonchev–Trinajstić information content (AvgIpc) is 3.91. The normalized spacial score (nSPS) is 14.1. The monoisotopic (exact) mass is 1400 g/mol. The maximum absolute atomic E-state index is 12.5. The van der Waals surface area contributed by atoms with Crippen LogP contribution < -0.4 is 18.0 Å². The molecule has 4 atom stereocenters. The number of phenolic OH excluding ortho intramolecular Hbond substituents is 2. The van der Waals surface area contributed by atoms with E-state index in [-0.39, 0.29) is 68.9 Å². The first kappa shape index (κ1) is 64.6. The van der Waals surface area contributed by atoms with E-state index in [0.717, 1.165) is 20.4 Å². The van der Waals surface area contributed by atoms with Crippen molar-refractivity contribution in [3.05, 3.63) is 196 Å². The second-order valence-corrected chi connectivity index (χ2v) is 31.8. The number of hydrogen-bond acceptors (Lipinski definition) is 12. The Hall–Kier alpha value is -5.52. The van der Waals surface area contributed by atoms with Crippen molar-refractivity contribution in [2.45, 2.75) is 45.0 Å². The number of halogens is 3. The van der Waals surface area contributed by atoms with Gasteiger partial charge in [-0.05, 0) is 111 Å². The van der Waals surface area contributed by atoms with Gasteiger partial charge in [0.15, 0.2) is 5.78 Å². The quantitative estimate of drug-likeness (QED) is 0.0747. The molecule has 392 valence electrons. The fourth-order valence-corrected chi connectivity index (χ4v) is 7.44. The van der Waals surface area contributed by atoms with Crippen molar-refractivity contribution in [1.82, 2.24) is 14.7 Å². The third kappa shape index (κ3) is 15.1. The molecule has 3 aliphatic rings. The number of aliphatic carboxylic acids is 1. The molecule has 22 heteroatoms. The Morgan fingerprint density at radius 1 is 0.486 bits per heavy atom. The molecule has 3 heterocycles. The number of ketones is 1. The number of aliphatic hydroxyl groups excluding tert-OH is 1. The number of hydrogen-bond donors (Lipinski definition) is 4. The number of aromatic hydroxyl groups is 2. The Labute approximate surface area is 477 Å². The van der Waals surface area contributed by atoms with Gasteiger partial charge in [0.1, 0.15) is 29.3 Å². The molecular weight excluding hydrogens is 1350 g/mol. The minimum absolute atomic E-state index is 0. The van der Waals surface area contributed by atoms with Gasteiger partial charge in [-0.3, -0.25) is 48.3 Å². The van der Waals surface area contributed by atoms with Crippen LogP contribution in [-0.4, -0.2) is 108 Å². The maximum Gasteiger partial charge on any atom is -0.197 e. The SMILES string of the molecule is CC(C(=O)O)N1C(=O)c2ccccc2C1=O.CC(C(=O)c1ccc(O)cc1)N1C(=O)c2ccccc2C1=O.CC(C(O)c1ccc(O)cc1)N1C(=O)c2ccccc2C1=O.COc1ccccc1.I[I-]I.S.S.S. The van der Waals surface area contributed by atoms with E-state index in [2.05, 4.69) is 37.2 Å². The number of nitrogens with zero attached hydrogens (tertiary/aromatic N) is 3. The number of fused-ring (bicyclic) bond motifs is 3. The summed E-state index contributed by atoms with van der Waals surface area (Å²) in [5.74, 6) is -3.31. The van der Waals surface area contributed by atoms with Gasteiger partial charge in [0, 0.05) is 5.56 Å². The molecule has 3 aliphatic heterocycles. The number of carboxylic acids is 1. The zero-order chi connectivity index (χ0) is 52.1. The molecule has 0 saturated carbocycles. The van der Waals surface area contributed by atoms with Crippen LogP contribution in [0.3, 0.4) is 0 Å². The number of Topliss-reactive ketones (excluding diaryl/α,β-unsaturated/α-hetero) is 1. The minimum atomic E-state index is -1.20. The molecule has 0 aromatic heterocycles. The number of aliphatic hydroxyl groups is 1. The molecular formula is C52H51I3N3O13S3-. The van der Waals surface area contributed by atoms with Gasteiger partial charge in [-0.25, -0.2) is 4.79 Å². The first-order chi connectivity index (χ1) is 33.9. The Balaban J connectivity index is 0.000000341. The van der Waals surface area contributed by atoms with Crippen LogP contribution in [0.25, 0.3) is 0 Å². The fourth-order valence-electron chi connectivity index (χ4n) is 7.44. The van der Waals surface area contributed by atoms with Crippen molar-refractivity contribution < 1.29 is 76.8 Å². The number of ether oxygens (including phenoxy) is 1. The number of para-hydroxylation sites is 1. The van der Waals surface area contributed by atoms with Crippen molar-refractivity contribution in [2.75, 3.05) is 7.11 Å². The van der Waals surface area contributed by atoms with Crippen LogP contribution in [0.5, 0.6) is 17.2 Å². The van der Waals surface area contributed by atoms with Gasteiger partial charge in [-0.1, -0.05) is 66.7 Å². The number of phenols is 2. The van der Waals surface area contributed by atoms with E-state index in [1.165, 1.54) is 62.4 Å². The predicted molar refractivity (Wildman–Crippen MR) is 305 cm³/mol. The van der Waals surface area contributed by atoms with Crippen LogP contribution in [0.15, 0.2) is 152 Å². The van der Waals surface area contributed by atoms with Gasteiger partial charge in [-0.15, -0.1) is 0 Å². The van der Waals surface area contributed by atoms with Crippen molar-refractivity contribution in [3.63, 3.8) is 0 Å². The van der Waals surface area contributed by atoms with Crippen molar-refractivity contribution in [2.24, 2.45) is 0 Å². The Morgan fingerprint density at radius 2 is 0.784 bits per heavy atom. The van der Waals surface area contributed by atoms with Crippen LogP contribution in [0.2, 0.25) is 0 Å². The van der Waals surface area contributed by atoms with Crippen LogP contribution in [0, 0.1) is 0 Å². The van der Waals surface area contributed by atoms with Crippen LogP contribution in [-0.2, 0) is 4.79 Å². The summed E-state index contributed by atoms with van der Waals surface area (Å²) in [6.45, 7) is 4.46. The van der Waals surface area contributed by atoms with E-state index in [9.17, 15) is 53.7 Å². The third-order valence-corrected chi connectivity index (χ3v) is 11.2. The van der Waals surface area contributed by atoms with Crippen LogP contribution in [0.4, 0.5) is 0 Å². The van der Waals surface area contributed by atoms with Gasteiger partial charge in [0.25, 0.3) is 35.4 Å². The summed E-state index contributed by atoms with van der Waals surface area (Å²) in [6.07, 6.45) is -1.03.